The van der Waals surface area contributed by atoms with Crippen molar-refractivity contribution in [2.75, 3.05) is 6.61 Å². The number of hydrazone groups is 1. The summed E-state index contributed by atoms with van der Waals surface area (Å²) in [5, 5.41) is 5.43. The Labute approximate surface area is 192 Å². The van der Waals surface area contributed by atoms with Crippen LogP contribution in [0.2, 0.25) is 0 Å². The van der Waals surface area contributed by atoms with E-state index in [0.717, 1.165) is 22.6 Å². The van der Waals surface area contributed by atoms with Crippen molar-refractivity contribution in [3.8, 4) is 11.5 Å². The number of amides is 2. The van der Waals surface area contributed by atoms with Crippen LogP contribution >= 0.6 is 0 Å². The van der Waals surface area contributed by atoms with Crippen LogP contribution in [0.25, 0.3) is 0 Å². The molecule has 0 spiro atoms. The van der Waals surface area contributed by atoms with E-state index in [2.05, 4.69) is 17.3 Å². The molecule has 2 aromatic rings. The summed E-state index contributed by atoms with van der Waals surface area (Å²) >= 11 is 0. The highest BCUT2D eigenvalue weighted by molar-refractivity contribution is 6.06. The summed E-state index contributed by atoms with van der Waals surface area (Å²) in [6, 6.07) is 15.4. The smallest absolute Gasteiger partial charge is 0.254 e. The van der Waals surface area contributed by atoms with Crippen LogP contribution in [0.5, 0.6) is 11.5 Å². The van der Waals surface area contributed by atoms with E-state index in [1.54, 1.807) is 6.21 Å². The summed E-state index contributed by atoms with van der Waals surface area (Å²) in [6.07, 6.45) is 7.05. The van der Waals surface area contributed by atoms with Gasteiger partial charge in [-0.3, -0.25) is 9.59 Å². The molecule has 2 aromatic carbocycles. The molecule has 3 fully saturated rings. The molecule has 5 aliphatic rings. The summed E-state index contributed by atoms with van der Waals surface area (Å²) < 4.78 is 11.7. The Hall–Kier alpha value is -3.41. The number of carbonyl (C=O) groups excluding carboxylic acids is 2. The van der Waals surface area contributed by atoms with Gasteiger partial charge in [-0.1, -0.05) is 42.5 Å². The second-order valence-corrected chi connectivity index (χ2v) is 9.30. The quantitative estimate of drug-likeness (QED) is 0.369. The first-order chi connectivity index (χ1) is 16.2. The molecule has 1 aliphatic heterocycles. The van der Waals surface area contributed by atoms with Crippen LogP contribution in [0, 0.1) is 35.5 Å². The maximum atomic E-state index is 13.1. The van der Waals surface area contributed by atoms with Gasteiger partial charge in [-0.05, 0) is 66.3 Å². The van der Waals surface area contributed by atoms with Gasteiger partial charge < -0.3 is 9.47 Å². The summed E-state index contributed by atoms with van der Waals surface area (Å²) in [5.74, 6) is 2.03. The molecular weight excluding hydrogens is 416 g/mol. The highest BCUT2D eigenvalue weighted by Crippen LogP contribution is 2.65. The number of hydrogen-bond acceptors (Lipinski definition) is 5. The molecule has 6 heteroatoms. The van der Waals surface area contributed by atoms with Crippen LogP contribution in [0.1, 0.15) is 24.5 Å². The molecule has 2 amide bonds. The van der Waals surface area contributed by atoms with Crippen molar-refractivity contribution < 1.29 is 19.1 Å². The summed E-state index contributed by atoms with van der Waals surface area (Å²) in [7, 11) is 0. The summed E-state index contributed by atoms with van der Waals surface area (Å²) in [6.45, 7) is 2.84. The number of benzene rings is 2. The molecule has 0 aromatic heterocycles. The van der Waals surface area contributed by atoms with E-state index in [4.69, 9.17) is 9.47 Å². The van der Waals surface area contributed by atoms with E-state index < -0.39 is 0 Å². The average Bonchev–Trinajstić information content (AvgIpc) is 3.62. The first kappa shape index (κ1) is 20.2. The van der Waals surface area contributed by atoms with Crippen LogP contribution in [0.15, 0.2) is 65.8 Å². The van der Waals surface area contributed by atoms with Crippen molar-refractivity contribution >= 4 is 18.0 Å². The molecule has 6 nitrogen and oxygen atoms in total. The standard InChI is InChI=1S/C27H26N2O4/c1-2-32-23-12-17(8-11-22(23)33-15-16-6-4-3-5-7-16)14-28-29-26(30)24-18-9-10-19(21-13-20(18)21)25(24)27(29)31/h3-12,14,18-21,24-25H,2,13,15H2,1H3/b28-14-/t18-,19-,20-,21+,24+,25+/m1/s1. The molecular formula is C27H26N2O4. The molecule has 1 saturated heterocycles. The molecule has 168 valence electrons. The Morgan fingerprint density at radius 2 is 1.64 bits per heavy atom. The molecule has 7 rings (SSSR count). The third-order valence-corrected chi connectivity index (χ3v) is 7.47. The number of hydrogen-bond donors (Lipinski definition) is 0. The van der Waals surface area contributed by atoms with Gasteiger partial charge in [0.15, 0.2) is 11.5 Å². The van der Waals surface area contributed by atoms with Crippen molar-refractivity contribution in [1.29, 1.82) is 0 Å². The molecule has 33 heavy (non-hydrogen) atoms. The number of carbonyl (C=O) groups is 2. The van der Waals surface area contributed by atoms with Crippen molar-refractivity contribution in [2.24, 2.45) is 40.6 Å². The molecule has 0 radical (unpaired) electrons. The van der Waals surface area contributed by atoms with Crippen LogP contribution in [0.4, 0.5) is 0 Å². The van der Waals surface area contributed by atoms with Gasteiger partial charge in [-0.2, -0.15) is 10.1 Å². The average molecular weight is 443 g/mol. The lowest BCUT2D eigenvalue weighted by Gasteiger charge is -2.37. The third kappa shape index (κ3) is 3.36. The third-order valence-electron chi connectivity index (χ3n) is 7.47. The fourth-order valence-corrected chi connectivity index (χ4v) is 5.91. The second-order valence-electron chi connectivity index (χ2n) is 9.30. The van der Waals surface area contributed by atoms with Gasteiger partial charge in [-0.25, -0.2) is 0 Å². The molecule has 4 aliphatic carbocycles. The topological polar surface area (TPSA) is 68.2 Å². The van der Waals surface area contributed by atoms with Gasteiger partial charge in [-0.15, -0.1) is 0 Å². The Bertz CT molecular complexity index is 1120. The zero-order valence-electron chi connectivity index (χ0n) is 18.5. The zero-order chi connectivity index (χ0) is 22.5. The van der Waals surface area contributed by atoms with E-state index in [1.807, 2.05) is 55.5 Å². The highest BCUT2D eigenvalue weighted by atomic mass is 16.5. The normalized spacial score (nSPS) is 31.1. The van der Waals surface area contributed by atoms with E-state index in [9.17, 15) is 9.59 Å². The Kier molecular flexibility index (Phi) is 4.82. The summed E-state index contributed by atoms with van der Waals surface area (Å²) in [4.78, 5) is 26.2. The molecule has 0 unspecified atom stereocenters. The lowest BCUT2D eigenvalue weighted by molar-refractivity contribution is -0.140. The first-order valence-electron chi connectivity index (χ1n) is 11.7. The van der Waals surface area contributed by atoms with Gasteiger partial charge in [0, 0.05) is 0 Å². The van der Waals surface area contributed by atoms with Gasteiger partial charge in [0.2, 0.25) is 0 Å². The number of allylic oxidation sites excluding steroid dienone is 2. The van der Waals surface area contributed by atoms with Gasteiger partial charge in [0.05, 0.1) is 24.7 Å². The maximum absolute atomic E-state index is 13.1. The lowest BCUT2D eigenvalue weighted by atomic mass is 9.63. The highest BCUT2D eigenvalue weighted by Gasteiger charge is 2.67. The minimum Gasteiger partial charge on any atom is -0.490 e. The number of imide groups is 1. The minimum atomic E-state index is -0.235. The Balaban J connectivity index is 1.19. The van der Waals surface area contributed by atoms with Crippen molar-refractivity contribution in [3.63, 3.8) is 0 Å². The number of rotatable bonds is 7. The second kappa shape index (κ2) is 7.87. The number of ether oxygens (including phenoxy) is 2. The monoisotopic (exact) mass is 442 g/mol. The molecule has 6 atom stereocenters. The van der Waals surface area contributed by atoms with Crippen LogP contribution in [-0.4, -0.2) is 29.6 Å². The van der Waals surface area contributed by atoms with E-state index in [0.29, 0.717) is 36.5 Å². The largest absolute Gasteiger partial charge is 0.490 e. The molecule has 1 heterocycles. The van der Waals surface area contributed by atoms with Crippen LogP contribution in [0.3, 0.4) is 0 Å². The zero-order valence-corrected chi connectivity index (χ0v) is 18.5. The van der Waals surface area contributed by atoms with E-state index in [1.165, 1.54) is 0 Å². The fourth-order valence-electron chi connectivity index (χ4n) is 5.91. The van der Waals surface area contributed by atoms with E-state index >= 15 is 0 Å². The van der Waals surface area contributed by atoms with Crippen molar-refractivity contribution in [3.05, 3.63) is 71.8 Å². The predicted octanol–water partition coefficient (Wildman–Crippen LogP) is 4.05. The van der Waals surface area contributed by atoms with Crippen LogP contribution in [-0.2, 0) is 16.2 Å². The fraction of sp³-hybridized carbons (Fsp3) is 0.370. The molecule has 2 bridgehead atoms. The van der Waals surface area contributed by atoms with Crippen LogP contribution < -0.4 is 9.47 Å². The predicted molar refractivity (Wildman–Crippen MR) is 123 cm³/mol. The van der Waals surface area contributed by atoms with Gasteiger partial charge >= 0.3 is 0 Å². The molecule has 2 saturated carbocycles. The van der Waals surface area contributed by atoms with Gasteiger partial charge in [0.25, 0.3) is 11.8 Å². The number of nitrogens with zero attached hydrogens (tertiary/aromatic N) is 2. The SMILES string of the molecule is CCOc1cc(/C=N\N2C(=O)[C@H]3[C@@H]4C=C[C@H]([C@@H]5C[C@H]45)[C@@H]3C2=O)ccc1OCc1ccccc1. The van der Waals surface area contributed by atoms with Crippen molar-refractivity contribution in [2.45, 2.75) is 20.0 Å². The Morgan fingerprint density at radius 1 is 0.939 bits per heavy atom. The van der Waals surface area contributed by atoms with Crippen molar-refractivity contribution in [1.82, 2.24) is 5.01 Å². The maximum Gasteiger partial charge on any atom is 0.254 e. The minimum absolute atomic E-state index is 0.154. The van der Waals surface area contributed by atoms with Gasteiger partial charge in [0.1, 0.15) is 6.61 Å². The van der Waals surface area contributed by atoms with E-state index in [-0.39, 0.29) is 35.5 Å². The first-order valence-corrected chi connectivity index (χ1v) is 11.7. The lowest BCUT2D eigenvalue weighted by Crippen LogP contribution is -2.40. The molecule has 0 N–H and O–H groups in total. The summed E-state index contributed by atoms with van der Waals surface area (Å²) in [5.41, 5.74) is 1.81. The Morgan fingerprint density at radius 3 is 2.30 bits per heavy atom.